The average Bonchev–Trinajstić information content (AvgIpc) is 2.56. The predicted octanol–water partition coefficient (Wildman–Crippen LogP) is 3.12. The lowest BCUT2D eigenvalue weighted by atomic mass is 10.00. The second kappa shape index (κ2) is 7.04. The van der Waals surface area contributed by atoms with Crippen LogP contribution in [-0.4, -0.2) is 33.9 Å². The van der Waals surface area contributed by atoms with E-state index in [-0.39, 0.29) is 5.91 Å². The van der Waals surface area contributed by atoms with Crippen LogP contribution >= 0.6 is 15.9 Å². The maximum atomic E-state index is 12.2. The van der Waals surface area contributed by atoms with Gasteiger partial charge in [-0.1, -0.05) is 6.92 Å². The number of anilines is 2. The van der Waals surface area contributed by atoms with E-state index in [1.54, 1.807) is 24.7 Å². The Morgan fingerprint density at radius 3 is 2.57 bits per heavy atom. The summed E-state index contributed by atoms with van der Waals surface area (Å²) in [6.45, 7) is 4.24. The normalized spacial score (nSPS) is 15.5. The van der Waals surface area contributed by atoms with Crippen molar-refractivity contribution in [3.8, 4) is 0 Å². The molecule has 1 aliphatic heterocycles. The third kappa shape index (κ3) is 4.04. The van der Waals surface area contributed by atoms with E-state index in [0.29, 0.717) is 11.3 Å². The third-order valence-corrected chi connectivity index (χ3v) is 4.36. The van der Waals surface area contributed by atoms with Gasteiger partial charge in [0.25, 0.3) is 5.91 Å². The van der Waals surface area contributed by atoms with Gasteiger partial charge < -0.3 is 10.2 Å². The zero-order chi connectivity index (χ0) is 16.2. The highest BCUT2D eigenvalue weighted by Gasteiger charge is 2.18. The molecule has 2 aromatic heterocycles. The summed E-state index contributed by atoms with van der Waals surface area (Å²) < 4.78 is 0.760. The maximum absolute atomic E-state index is 12.2. The molecule has 0 aliphatic carbocycles. The van der Waals surface area contributed by atoms with Crippen molar-refractivity contribution in [2.24, 2.45) is 5.92 Å². The molecule has 7 heteroatoms. The van der Waals surface area contributed by atoms with E-state index >= 15 is 0 Å². The minimum absolute atomic E-state index is 0.234. The van der Waals surface area contributed by atoms with Gasteiger partial charge in [0.05, 0.1) is 23.6 Å². The van der Waals surface area contributed by atoms with Crippen LogP contribution < -0.4 is 10.2 Å². The van der Waals surface area contributed by atoms with E-state index in [4.69, 9.17) is 0 Å². The lowest BCUT2D eigenvalue weighted by Gasteiger charge is -2.30. The molecule has 2 aromatic rings. The first kappa shape index (κ1) is 15.9. The van der Waals surface area contributed by atoms with Crippen LogP contribution in [0, 0.1) is 5.92 Å². The molecular formula is C16H18BrN5O. The number of halogens is 1. The smallest absolute Gasteiger partial charge is 0.257 e. The van der Waals surface area contributed by atoms with E-state index < -0.39 is 0 Å². The SMILES string of the molecule is CC1CCN(c2ncc(NC(=O)c3cncc(Br)c3)cn2)CC1. The van der Waals surface area contributed by atoms with Crippen molar-refractivity contribution in [1.82, 2.24) is 15.0 Å². The molecule has 1 amide bonds. The van der Waals surface area contributed by atoms with Gasteiger partial charge in [0.2, 0.25) is 5.95 Å². The van der Waals surface area contributed by atoms with E-state index in [9.17, 15) is 4.79 Å². The van der Waals surface area contributed by atoms with E-state index in [1.807, 2.05) is 0 Å². The summed E-state index contributed by atoms with van der Waals surface area (Å²) in [4.78, 5) is 27.1. The Bertz CT molecular complexity index is 683. The summed E-state index contributed by atoms with van der Waals surface area (Å²) in [5, 5.41) is 2.78. The topological polar surface area (TPSA) is 71.0 Å². The first-order valence-corrected chi connectivity index (χ1v) is 8.40. The van der Waals surface area contributed by atoms with E-state index in [0.717, 1.165) is 42.3 Å². The van der Waals surface area contributed by atoms with Crippen LogP contribution in [0.4, 0.5) is 11.6 Å². The van der Waals surface area contributed by atoms with Crippen molar-refractivity contribution < 1.29 is 4.79 Å². The number of hydrogen-bond acceptors (Lipinski definition) is 5. The Morgan fingerprint density at radius 2 is 1.91 bits per heavy atom. The highest BCUT2D eigenvalue weighted by atomic mass is 79.9. The molecule has 23 heavy (non-hydrogen) atoms. The Hall–Kier alpha value is -2.02. The summed E-state index contributed by atoms with van der Waals surface area (Å²) >= 11 is 3.30. The fourth-order valence-corrected chi connectivity index (χ4v) is 2.86. The molecule has 3 rings (SSSR count). The van der Waals surface area contributed by atoms with Crippen LogP contribution in [0.3, 0.4) is 0 Å². The molecule has 120 valence electrons. The van der Waals surface area contributed by atoms with Gasteiger partial charge in [0.15, 0.2) is 0 Å². The highest BCUT2D eigenvalue weighted by molar-refractivity contribution is 9.10. The zero-order valence-corrected chi connectivity index (χ0v) is 14.5. The Balaban J connectivity index is 1.64. The molecular weight excluding hydrogens is 358 g/mol. The number of nitrogens with zero attached hydrogens (tertiary/aromatic N) is 4. The van der Waals surface area contributed by atoms with Crippen LogP contribution in [0.2, 0.25) is 0 Å². The number of carbonyl (C=O) groups excluding carboxylic acids is 1. The molecule has 0 atom stereocenters. The number of pyridine rings is 1. The van der Waals surface area contributed by atoms with Gasteiger partial charge >= 0.3 is 0 Å². The third-order valence-electron chi connectivity index (χ3n) is 3.93. The standard InChI is InChI=1S/C16H18BrN5O/c1-11-2-4-22(5-3-11)16-19-9-14(10-20-16)21-15(23)12-6-13(17)8-18-7-12/h6-11H,2-5H2,1H3,(H,21,23). The molecule has 1 saturated heterocycles. The molecule has 1 aliphatic rings. The Labute approximate surface area is 143 Å². The van der Waals surface area contributed by atoms with Crippen molar-refractivity contribution in [3.05, 3.63) is 40.9 Å². The molecule has 0 spiro atoms. The van der Waals surface area contributed by atoms with Gasteiger partial charge in [-0.25, -0.2) is 9.97 Å². The molecule has 0 saturated carbocycles. The van der Waals surface area contributed by atoms with Crippen LogP contribution in [0.25, 0.3) is 0 Å². The first-order valence-electron chi connectivity index (χ1n) is 7.61. The summed E-state index contributed by atoms with van der Waals surface area (Å²) in [5.74, 6) is 1.25. The monoisotopic (exact) mass is 375 g/mol. The second-order valence-electron chi connectivity index (χ2n) is 5.79. The number of nitrogens with one attached hydrogen (secondary N) is 1. The van der Waals surface area contributed by atoms with Gasteiger partial charge in [-0.05, 0) is 40.8 Å². The number of rotatable bonds is 3. The molecule has 6 nitrogen and oxygen atoms in total. The number of piperidine rings is 1. The van der Waals surface area contributed by atoms with Crippen molar-refractivity contribution in [3.63, 3.8) is 0 Å². The summed E-state index contributed by atoms with van der Waals surface area (Å²) in [6.07, 6.45) is 8.77. The number of carbonyl (C=O) groups is 1. The average molecular weight is 376 g/mol. The second-order valence-corrected chi connectivity index (χ2v) is 6.70. The van der Waals surface area contributed by atoms with E-state index in [1.165, 1.54) is 6.20 Å². The van der Waals surface area contributed by atoms with Gasteiger partial charge in [0.1, 0.15) is 0 Å². The van der Waals surface area contributed by atoms with Gasteiger partial charge in [0, 0.05) is 30.0 Å². The zero-order valence-electron chi connectivity index (χ0n) is 12.9. The first-order chi connectivity index (χ1) is 11.1. The van der Waals surface area contributed by atoms with Crippen LogP contribution in [0.5, 0.6) is 0 Å². The molecule has 0 radical (unpaired) electrons. The quantitative estimate of drug-likeness (QED) is 0.891. The maximum Gasteiger partial charge on any atom is 0.257 e. The lowest BCUT2D eigenvalue weighted by Crippen LogP contribution is -2.34. The van der Waals surface area contributed by atoms with Gasteiger partial charge in [-0.2, -0.15) is 0 Å². The van der Waals surface area contributed by atoms with Crippen molar-refractivity contribution in [2.45, 2.75) is 19.8 Å². The van der Waals surface area contributed by atoms with Crippen LogP contribution in [0.15, 0.2) is 35.3 Å². The number of hydrogen-bond donors (Lipinski definition) is 1. The Kier molecular flexibility index (Phi) is 4.85. The summed E-state index contributed by atoms with van der Waals surface area (Å²) in [5.41, 5.74) is 1.05. The number of aromatic nitrogens is 3. The molecule has 0 aromatic carbocycles. The summed E-state index contributed by atoms with van der Waals surface area (Å²) in [7, 11) is 0. The summed E-state index contributed by atoms with van der Waals surface area (Å²) in [6, 6.07) is 1.71. The van der Waals surface area contributed by atoms with Gasteiger partial charge in [-0.15, -0.1) is 0 Å². The van der Waals surface area contributed by atoms with Crippen LogP contribution in [-0.2, 0) is 0 Å². The highest BCUT2D eigenvalue weighted by Crippen LogP contribution is 2.20. The predicted molar refractivity (Wildman–Crippen MR) is 92.5 cm³/mol. The number of amides is 1. The van der Waals surface area contributed by atoms with Crippen molar-refractivity contribution >= 4 is 33.5 Å². The minimum atomic E-state index is -0.234. The minimum Gasteiger partial charge on any atom is -0.341 e. The van der Waals surface area contributed by atoms with Crippen molar-refractivity contribution in [2.75, 3.05) is 23.3 Å². The lowest BCUT2D eigenvalue weighted by molar-refractivity contribution is 0.102. The molecule has 0 unspecified atom stereocenters. The largest absolute Gasteiger partial charge is 0.341 e. The Morgan fingerprint density at radius 1 is 1.22 bits per heavy atom. The fourth-order valence-electron chi connectivity index (χ4n) is 2.50. The molecule has 1 N–H and O–H groups in total. The molecule has 0 bridgehead atoms. The van der Waals surface area contributed by atoms with Crippen molar-refractivity contribution in [1.29, 1.82) is 0 Å². The molecule has 3 heterocycles. The fraction of sp³-hybridized carbons (Fsp3) is 0.375. The van der Waals surface area contributed by atoms with Gasteiger partial charge in [-0.3, -0.25) is 9.78 Å². The van der Waals surface area contributed by atoms with Crippen LogP contribution in [0.1, 0.15) is 30.1 Å². The molecule has 1 fully saturated rings. The van der Waals surface area contributed by atoms with E-state index in [2.05, 4.69) is 48.0 Å².